The highest BCUT2D eigenvalue weighted by Crippen LogP contribution is 2.46. The summed E-state index contributed by atoms with van der Waals surface area (Å²) in [4.78, 5) is 23.4. The number of hydrogen-bond acceptors (Lipinski definition) is 4. The Bertz CT molecular complexity index is 1020. The van der Waals surface area contributed by atoms with E-state index in [9.17, 15) is 4.79 Å². The van der Waals surface area contributed by atoms with Crippen LogP contribution in [0.25, 0.3) is 5.65 Å². The molecule has 0 bridgehead atoms. The van der Waals surface area contributed by atoms with E-state index in [1.54, 1.807) is 0 Å². The average Bonchev–Trinajstić information content (AvgIpc) is 3.55. The summed E-state index contributed by atoms with van der Waals surface area (Å²) >= 11 is 0. The van der Waals surface area contributed by atoms with Crippen LogP contribution in [0, 0.1) is 30.6 Å². The lowest BCUT2D eigenvalue weighted by molar-refractivity contribution is -0.139. The number of amides is 1. The molecule has 2 aliphatic carbocycles. The number of piperidine rings is 1. The number of aromatic nitrogens is 3. The van der Waals surface area contributed by atoms with E-state index in [1.807, 2.05) is 4.52 Å². The summed E-state index contributed by atoms with van der Waals surface area (Å²) in [6.45, 7) is 7.51. The minimum atomic E-state index is 0.103. The summed E-state index contributed by atoms with van der Waals surface area (Å²) in [5.74, 6) is 4.06. The third-order valence-electron chi connectivity index (χ3n) is 9.06. The van der Waals surface area contributed by atoms with Gasteiger partial charge in [0, 0.05) is 43.4 Å². The number of nitrogens with zero attached hydrogens (tertiary/aromatic N) is 5. The smallest absolute Gasteiger partial charge is 0.226 e. The molecule has 2 saturated heterocycles. The van der Waals surface area contributed by atoms with Gasteiger partial charge in [-0.15, -0.1) is 0 Å². The van der Waals surface area contributed by atoms with E-state index in [-0.39, 0.29) is 12.0 Å². The van der Waals surface area contributed by atoms with Crippen LogP contribution in [0.2, 0.25) is 0 Å². The Balaban J connectivity index is 1.25. The lowest BCUT2D eigenvalue weighted by atomic mass is 9.82. The van der Waals surface area contributed by atoms with Gasteiger partial charge < -0.3 is 9.80 Å². The van der Waals surface area contributed by atoms with Crippen LogP contribution in [0.3, 0.4) is 0 Å². The van der Waals surface area contributed by atoms with Gasteiger partial charge in [-0.2, -0.15) is 5.10 Å². The molecule has 6 rings (SSSR count). The zero-order chi connectivity index (χ0) is 22.5. The highest BCUT2D eigenvalue weighted by Gasteiger charge is 2.42. The molecule has 4 atom stereocenters. The number of rotatable bonds is 3. The molecule has 0 spiro atoms. The standard InChI is InChI=1S/C27H39N5O/c1-18-10-12-30(16-18)26-19(2)17-32-25(28-26)15-23(29-32)24-9-5-6-11-31(24)27(33)22-13-20-7-3-4-8-21(20)14-22/h15,17-18,20-22,24H,3-14,16H2,1-2H3/t18-,20?,21?,22?,24-/m0/s1. The van der Waals surface area contributed by atoms with E-state index in [4.69, 9.17) is 10.1 Å². The SMILES string of the molecule is Cc1cn2nc([C@@H]3CCCCN3C(=O)C3CC4CCCCC4C3)cc2nc1N1CC[C@H](C)C1. The summed E-state index contributed by atoms with van der Waals surface area (Å²) in [7, 11) is 0. The van der Waals surface area contributed by atoms with Gasteiger partial charge in [0.25, 0.3) is 0 Å². The second-order valence-corrected chi connectivity index (χ2v) is 11.5. The van der Waals surface area contributed by atoms with E-state index >= 15 is 0 Å². The monoisotopic (exact) mass is 449 g/mol. The van der Waals surface area contributed by atoms with E-state index in [0.717, 1.165) is 80.2 Å². The molecule has 0 N–H and O–H groups in total. The Hall–Kier alpha value is -2.11. The van der Waals surface area contributed by atoms with Crippen molar-refractivity contribution < 1.29 is 4.79 Å². The van der Waals surface area contributed by atoms with Gasteiger partial charge in [-0.25, -0.2) is 9.50 Å². The van der Waals surface area contributed by atoms with Gasteiger partial charge in [-0.1, -0.05) is 32.6 Å². The molecule has 0 radical (unpaired) electrons. The number of aryl methyl sites for hydroxylation is 1. The first-order chi connectivity index (χ1) is 16.1. The van der Waals surface area contributed by atoms with Gasteiger partial charge in [-0.3, -0.25) is 4.79 Å². The molecule has 1 amide bonds. The van der Waals surface area contributed by atoms with Crippen molar-refractivity contribution in [2.45, 2.75) is 84.1 Å². The Kier molecular flexibility index (Phi) is 5.58. The highest BCUT2D eigenvalue weighted by atomic mass is 16.2. The molecule has 2 aliphatic heterocycles. The molecule has 6 nitrogen and oxygen atoms in total. The maximum absolute atomic E-state index is 13.7. The molecular formula is C27H39N5O. The predicted molar refractivity (Wildman–Crippen MR) is 130 cm³/mol. The first kappa shape index (κ1) is 21.4. The van der Waals surface area contributed by atoms with Crippen LogP contribution in [0.15, 0.2) is 12.3 Å². The molecule has 0 aromatic carbocycles. The number of hydrogen-bond donors (Lipinski definition) is 0. The minimum Gasteiger partial charge on any atom is -0.356 e. The quantitative estimate of drug-likeness (QED) is 0.650. The van der Waals surface area contributed by atoms with Crippen LogP contribution in [0.1, 0.15) is 88.4 Å². The van der Waals surface area contributed by atoms with Crippen molar-refractivity contribution in [1.82, 2.24) is 19.5 Å². The molecule has 4 fully saturated rings. The number of fused-ring (bicyclic) bond motifs is 2. The summed E-state index contributed by atoms with van der Waals surface area (Å²) in [5, 5.41) is 4.95. The molecule has 33 heavy (non-hydrogen) atoms. The Morgan fingerprint density at radius 3 is 2.48 bits per heavy atom. The number of likely N-dealkylation sites (tertiary alicyclic amines) is 1. The second-order valence-electron chi connectivity index (χ2n) is 11.5. The first-order valence-corrected chi connectivity index (χ1v) is 13.5. The van der Waals surface area contributed by atoms with Crippen molar-refractivity contribution in [1.29, 1.82) is 0 Å². The minimum absolute atomic E-state index is 0.103. The van der Waals surface area contributed by atoms with Crippen LogP contribution >= 0.6 is 0 Å². The molecule has 2 unspecified atom stereocenters. The summed E-state index contributed by atoms with van der Waals surface area (Å²) < 4.78 is 1.94. The summed E-state index contributed by atoms with van der Waals surface area (Å²) in [6, 6.07) is 2.25. The van der Waals surface area contributed by atoms with Crippen LogP contribution in [0.5, 0.6) is 0 Å². The average molecular weight is 450 g/mol. The van der Waals surface area contributed by atoms with Crippen molar-refractivity contribution in [2.24, 2.45) is 23.7 Å². The van der Waals surface area contributed by atoms with Crippen molar-refractivity contribution in [3.05, 3.63) is 23.5 Å². The maximum atomic E-state index is 13.7. The van der Waals surface area contributed by atoms with Gasteiger partial charge in [0.15, 0.2) is 5.65 Å². The fraction of sp³-hybridized carbons (Fsp3) is 0.741. The van der Waals surface area contributed by atoms with Crippen LogP contribution in [0.4, 0.5) is 5.82 Å². The topological polar surface area (TPSA) is 53.7 Å². The lowest BCUT2D eigenvalue weighted by Crippen LogP contribution is -2.41. The maximum Gasteiger partial charge on any atom is 0.226 e. The third-order valence-corrected chi connectivity index (χ3v) is 9.06. The molecule has 4 aliphatic rings. The van der Waals surface area contributed by atoms with Gasteiger partial charge in [0.05, 0.1) is 11.7 Å². The van der Waals surface area contributed by atoms with E-state index in [0.29, 0.717) is 5.91 Å². The normalized spacial score (nSPS) is 32.5. The van der Waals surface area contributed by atoms with Crippen molar-refractivity contribution in [3.8, 4) is 0 Å². The van der Waals surface area contributed by atoms with Gasteiger partial charge in [0.2, 0.25) is 5.91 Å². The van der Waals surface area contributed by atoms with E-state index < -0.39 is 0 Å². The number of carbonyl (C=O) groups excluding carboxylic acids is 1. The summed E-state index contributed by atoms with van der Waals surface area (Å²) in [5.41, 5.74) is 3.11. The zero-order valence-electron chi connectivity index (χ0n) is 20.4. The molecule has 4 heterocycles. The molecule has 2 aromatic rings. The van der Waals surface area contributed by atoms with Gasteiger partial charge >= 0.3 is 0 Å². The third kappa shape index (κ3) is 3.93. The number of anilines is 1. The fourth-order valence-electron chi connectivity index (χ4n) is 7.30. The lowest BCUT2D eigenvalue weighted by Gasteiger charge is -2.36. The predicted octanol–water partition coefficient (Wildman–Crippen LogP) is 5.15. The van der Waals surface area contributed by atoms with Gasteiger partial charge in [0.1, 0.15) is 5.82 Å². The Labute approximate surface area is 197 Å². The van der Waals surface area contributed by atoms with Gasteiger partial charge in [-0.05, 0) is 63.2 Å². The fourth-order valence-corrected chi connectivity index (χ4v) is 7.30. The van der Waals surface area contributed by atoms with Crippen LogP contribution in [-0.2, 0) is 4.79 Å². The zero-order valence-corrected chi connectivity index (χ0v) is 20.4. The summed E-state index contributed by atoms with van der Waals surface area (Å²) in [6.07, 6.45) is 14.3. The Morgan fingerprint density at radius 1 is 1.00 bits per heavy atom. The van der Waals surface area contributed by atoms with Crippen molar-refractivity contribution in [2.75, 3.05) is 24.5 Å². The second kappa shape index (κ2) is 8.59. The highest BCUT2D eigenvalue weighted by molar-refractivity contribution is 5.80. The molecule has 2 aromatic heterocycles. The Morgan fingerprint density at radius 2 is 1.76 bits per heavy atom. The molecule has 178 valence electrons. The van der Waals surface area contributed by atoms with E-state index in [1.165, 1.54) is 44.1 Å². The largest absolute Gasteiger partial charge is 0.356 e. The molecular weight excluding hydrogens is 410 g/mol. The van der Waals surface area contributed by atoms with Crippen LogP contribution < -0.4 is 4.90 Å². The van der Waals surface area contributed by atoms with Crippen molar-refractivity contribution in [3.63, 3.8) is 0 Å². The first-order valence-electron chi connectivity index (χ1n) is 13.5. The molecule has 6 heteroatoms. The van der Waals surface area contributed by atoms with Crippen LogP contribution in [-0.4, -0.2) is 45.0 Å². The molecule has 2 saturated carbocycles. The van der Waals surface area contributed by atoms with E-state index in [2.05, 4.69) is 35.9 Å². The van der Waals surface area contributed by atoms with Crippen molar-refractivity contribution >= 4 is 17.4 Å². The number of carbonyl (C=O) groups is 1.